The molecule has 1 aromatic rings. The van der Waals surface area contributed by atoms with Crippen LogP contribution in [0.2, 0.25) is 0 Å². The van der Waals surface area contributed by atoms with Gasteiger partial charge in [0.1, 0.15) is 11.4 Å². The van der Waals surface area contributed by atoms with E-state index < -0.39 is 0 Å². The van der Waals surface area contributed by atoms with Gasteiger partial charge in [0.15, 0.2) is 0 Å². The van der Waals surface area contributed by atoms with Gasteiger partial charge in [-0.15, -0.1) is 0 Å². The molecule has 0 saturated carbocycles. The highest BCUT2D eigenvalue weighted by Gasteiger charge is 2.10. The fourth-order valence-electron chi connectivity index (χ4n) is 0.889. The van der Waals surface area contributed by atoms with Gasteiger partial charge in [0.05, 0.1) is 0 Å². The Kier molecular flexibility index (Phi) is 2.27. The Balaban J connectivity index is 2.71. The SMILES string of the molecule is CC(C)(C)Oc1ccc(N)cc1. The second-order valence-electron chi connectivity index (χ2n) is 3.78. The third-order valence-corrected chi connectivity index (χ3v) is 1.30. The molecular formula is C10H15NO. The van der Waals surface area contributed by atoms with Gasteiger partial charge in [-0.3, -0.25) is 0 Å². The van der Waals surface area contributed by atoms with Crippen molar-refractivity contribution >= 4 is 5.69 Å². The van der Waals surface area contributed by atoms with E-state index in [2.05, 4.69) is 0 Å². The molecule has 0 heterocycles. The molecule has 2 N–H and O–H groups in total. The maximum Gasteiger partial charge on any atom is 0.120 e. The molecule has 0 spiro atoms. The van der Waals surface area contributed by atoms with Crippen molar-refractivity contribution in [2.24, 2.45) is 0 Å². The molecule has 0 aliphatic rings. The Hall–Kier alpha value is -1.18. The topological polar surface area (TPSA) is 35.2 Å². The van der Waals surface area contributed by atoms with Crippen molar-refractivity contribution in [3.05, 3.63) is 24.3 Å². The number of rotatable bonds is 1. The highest BCUT2D eigenvalue weighted by atomic mass is 16.5. The molecule has 0 aromatic heterocycles. The van der Waals surface area contributed by atoms with Crippen molar-refractivity contribution in [3.63, 3.8) is 0 Å². The van der Waals surface area contributed by atoms with Crippen LogP contribution in [0, 0.1) is 0 Å². The normalized spacial score (nSPS) is 11.2. The lowest BCUT2D eigenvalue weighted by atomic mass is 10.2. The molecule has 0 aliphatic carbocycles. The van der Waals surface area contributed by atoms with Crippen LogP contribution in [-0.4, -0.2) is 5.60 Å². The van der Waals surface area contributed by atoms with Crippen LogP contribution in [0.1, 0.15) is 20.8 Å². The van der Waals surface area contributed by atoms with E-state index in [0.717, 1.165) is 11.4 Å². The second kappa shape index (κ2) is 3.05. The van der Waals surface area contributed by atoms with Crippen molar-refractivity contribution in [1.29, 1.82) is 0 Å². The summed E-state index contributed by atoms with van der Waals surface area (Å²) in [5, 5.41) is 0. The third-order valence-electron chi connectivity index (χ3n) is 1.30. The van der Waals surface area contributed by atoms with E-state index in [1.54, 1.807) is 0 Å². The van der Waals surface area contributed by atoms with E-state index in [4.69, 9.17) is 10.5 Å². The van der Waals surface area contributed by atoms with Gasteiger partial charge in [-0.2, -0.15) is 0 Å². The van der Waals surface area contributed by atoms with Crippen LogP contribution < -0.4 is 10.5 Å². The number of anilines is 1. The number of ether oxygens (including phenoxy) is 1. The zero-order valence-corrected chi connectivity index (χ0v) is 7.79. The molecule has 2 nitrogen and oxygen atoms in total. The van der Waals surface area contributed by atoms with Crippen molar-refractivity contribution in [1.82, 2.24) is 0 Å². The predicted molar refractivity (Wildman–Crippen MR) is 51.2 cm³/mol. The predicted octanol–water partition coefficient (Wildman–Crippen LogP) is 2.45. The Morgan fingerprint density at radius 2 is 1.58 bits per heavy atom. The fourth-order valence-corrected chi connectivity index (χ4v) is 0.889. The molecule has 12 heavy (non-hydrogen) atoms. The molecule has 0 saturated heterocycles. The largest absolute Gasteiger partial charge is 0.488 e. The van der Waals surface area contributed by atoms with Gasteiger partial charge in [-0.25, -0.2) is 0 Å². The summed E-state index contributed by atoms with van der Waals surface area (Å²) >= 11 is 0. The summed E-state index contributed by atoms with van der Waals surface area (Å²) in [6.45, 7) is 6.05. The number of hydrogen-bond donors (Lipinski definition) is 1. The smallest absolute Gasteiger partial charge is 0.120 e. The highest BCUT2D eigenvalue weighted by molar-refractivity contribution is 5.41. The lowest BCUT2D eigenvalue weighted by molar-refractivity contribution is 0.131. The Morgan fingerprint density at radius 1 is 1.08 bits per heavy atom. The molecule has 0 aliphatic heterocycles. The summed E-state index contributed by atoms with van der Waals surface area (Å²) in [6, 6.07) is 7.42. The zero-order valence-electron chi connectivity index (χ0n) is 7.79. The van der Waals surface area contributed by atoms with Crippen molar-refractivity contribution in [3.8, 4) is 5.75 Å². The van der Waals surface area contributed by atoms with Crippen LogP contribution in [0.15, 0.2) is 24.3 Å². The minimum absolute atomic E-state index is 0.143. The van der Waals surface area contributed by atoms with Gasteiger partial charge < -0.3 is 10.5 Å². The van der Waals surface area contributed by atoms with Gasteiger partial charge >= 0.3 is 0 Å². The quantitative estimate of drug-likeness (QED) is 0.649. The maximum absolute atomic E-state index is 5.60. The summed E-state index contributed by atoms with van der Waals surface area (Å²) < 4.78 is 5.60. The molecule has 0 fully saturated rings. The number of benzene rings is 1. The maximum atomic E-state index is 5.60. The number of nitrogens with two attached hydrogens (primary N) is 1. The minimum atomic E-state index is -0.143. The van der Waals surface area contributed by atoms with E-state index in [0.29, 0.717) is 0 Å². The first kappa shape index (κ1) is 8.91. The second-order valence-corrected chi connectivity index (χ2v) is 3.78. The fraction of sp³-hybridized carbons (Fsp3) is 0.400. The van der Waals surface area contributed by atoms with Crippen molar-refractivity contribution in [2.45, 2.75) is 26.4 Å². The highest BCUT2D eigenvalue weighted by Crippen LogP contribution is 2.18. The Morgan fingerprint density at radius 3 is 2.00 bits per heavy atom. The summed E-state index contributed by atoms with van der Waals surface area (Å²) in [4.78, 5) is 0. The molecule has 1 aromatic carbocycles. The molecule has 1 rings (SSSR count). The third kappa shape index (κ3) is 2.82. The molecule has 0 radical (unpaired) electrons. The van der Waals surface area contributed by atoms with Crippen LogP contribution in [-0.2, 0) is 0 Å². The first-order valence-electron chi connectivity index (χ1n) is 4.02. The molecule has 2 heteroatoms. The first-order valence-corrected chi connectivity index (χ1v) is 4.02. The molecule has 0 unspecified atom stereocenters. The monoisotopic (exact) mass is 165 g/mol. The average Bonchev–Trinajstić information content (AvgIpc) is 1.91. The lowest BCUT2D eigenvalue weighted by Gasteiger charge is -2.21. The molecular weight excluding hydrogens is 150 g/mol. The average molecular weight is 165 g/mol. The summed E-state index contributed by atoms with van der Waals surface area (Å²) in [7, 11) is 0. The molecule has 0 atom stereocenters. The van der Waals surface area contributed by atoms with Gasteiger partial charge in [0.25, 0.3) is 0 Å². The van der Waals surface area contributed by atoms with Crippen LogP contribution in [0.25, 0.3) is 0 Å². The number of nitrogen functional groups attached to an aromatic ring is 1. The van der Waals surface area contributed by atoms with E-state index >= 15 is 0 Å². The summed E-state index contributed by atoms with van der Waals surface area (Å²) in [5.74, 6) is 0.858. The standard InChI is InChI=1S/C10H15NO/c1-10(2,3)12-9-6-4-8(11)5-7-9/h4-7H,11H2,1-3H3. The van der Waals surface area contributed by atoms with Gasteiger partial charge in [0.2, 0.25) is 0 Å². The molecule has 66 valence electrons. The Bertz CT molecular complexity index is 246. The van der Waals surface area contributed by atoms with Crippen LogP contribution >= 0.6 is 0 Å². The van der Waals surface area contributed by atoms with E-state index in [9.17, 15) is 0 Å². The molecule has 0 bridgehead atoms. The number of hydrogen-bond acceptors (Lipinski definition) is 2. The van der Waals surface area contributed by atoms with Crippen LogP contribution in [0.5, 0.6) is 5.75 Å². The van der Waals surface area contributed by atoms with E-state index in [1.807, 2.05) is 45.0 Å². The zero-order chi connectivity index (χ0) is 9.19. The summed E-state index contributed by atoms with van der Waals surface area (Å²) in [6.07, 6.45) is 0. The van der Waals surface area contributed by atoms with Crippen molar-refractivity contribution < 1.29 is 4.74 Å². The van der Waals surface area contributed by atoms with Crippen LogP contribution in [0.4, 0.5) is 5.69 Å². The van der Waals surface area contributed by atoms with Gasteiger partial charge in [0, 0.05) is 5.69 Å². The van der Waals surface area contributed by atoms with E-state index in [1.165, 1.54) is 0 Å². The van der Waals surface area contributed by atoms with E-state index in [-0.39, 0.29) is 5.60 Å². The van der Waals surface area contributed by atoms with Crippen LogP contribution in [0.3, 0.4) is 0 Å². The lowest BCUT2D eigenvalue weighted by Crippen LogP contribution is -2.22. The molecule has 0 amide bonds. The first-order chi connectivity index (χ1) is 5.47. The Labute approximate surface area is 73.3 Å². The summed E-state index contributed by atoms with van der Waals surface area (Å²) in [5.41, 5.74) is 6.15. The minimum Gasteiger partial charge on any atom is -0.488 e. The van der Waals surface area contributed by atoms with Crippen molar-refractivity contribution in [2.75, 3.05) is 5.73 Å². The van der Waals surface area contributed by atoms with Gasteiger partial charge in [-0.05, 0) is 45.0 Å². The van der Waals surface area contributed by atoms with Gasteiger partial charge in [-0.1, -0.05) is 0 Å².